The predicted octanol–water partition coefficient (Wildman–Crippen LogP) is 6.35. The average molecular weight is 668 g/mol. The lowest BCUT2D eigenvalue weighted by Gasteiger charge is -2.33. The number of thiazole rings is 1. The summed E-state index contributed by atoms with van der Waals surface area (Å²) in [6.07, 6.45) is 10.0. The zero-order chi connectivity index (χ0) is 32.7. The largest absolute Gasteiger partial charge is 0.493 e. The molecule has 1 saturated heterocycles. The number of benzene rings is 1. The van der Waals surface area contributed by atoms with Crippen molar-refractivity contribution >= 4 is 46.9 Å². The minimum absolute atomic E-state index is 0.109. The van der Waals surface area contributed by atoms with Gasteiger partial charge in [-0.2, -0.15) is 0 Å². The molecule has 1 aliphatic carbocycles. The van der Waals surface area contributed by atoms with Crippen LogP contribution in [0.5, 0.6) is 16.7 Å². The van der Waals surface area contributed by atoms with Gasteiger partial charge in [-0.15, -0.1) is 0 Å². The van der Waals surface area contributed by atoms with Crippen LogP contribution in [-0.4, -0.2) is 70.7 Å². The van der Waals surface area contributed by atoms with Crippen LogP contribution in [0.15, 0.2) is 48.8 Å². The van der Waals surface area contributed by atoms with Gasteiger partial charge in [-0.05, 0) is 82.7 Å². The zero-order valence-corrected chi connectivity index (χ0v) is 27.7. The van der Waals surface area contributed by atoms with Crippen LogP contribution in [0.25, 0.3) is 6.08 Å². The highest BCUT2D eigenvalue weighted by Gasteiger charge is 2.28. The molecule has 1 saturated carbocycles. The summed E-state index contributed by atoms with van der Waals surface area (Å²) in [5.74, 6) is 1.16. The molecule has 1 aromatic carbocycles. The zero-order valence-electron chi connectivity index (χ0n) is 26.1. The van der Waals surface area contributed by atoms with E-state index < -0.39 is 5.60 Å². The molecule has 46 heavy (non-hydrogen) atoms. The Morgan fingerprint density at radius 1 is 1.07 bits per heavy atom. The second-order valence-electron chi connectivity index (χ2n) is 12.2. The summed E-state index contributed by atoms with van der Waals surface area (Å²) in [7, 11) is 0. The first-order valence-corrected chi connectivity index (χ1v) is 16.5. The number of likely N-dealkylation sites (tertiary alicyclic amines) is 1. The quantitative estimate of drug-likeness (QED) is 0.242. The van der Waals surface area contributed by atoms with Crippen LogP contribution in [0, 0.1) is 5.92 Å². The monoisotopic (exact) mass is 667 g/mol. The van der Waals surface area contributed by atoms with Crippen LogP contribution in [0.3, 0.4) is 0 Å². The Bertz CT molecular complexity index is 1580. The Labute approximate surface area is 277 Å². The number of carbonyl (C=O) groups excluding carboxylic acids is 3. The fourth-order valence-electron chi connectivity index (χ4n) is 4.56. The molecule has 0 spiro atoms. The van der Waals surface area contributed by atoms with Crippen molar-refractivity contribution in [3.63, 3.8) is 0 Å². The molecule has 0 radical (unpaired) electrons. The summed E-state index contributed by atoms with van der Waals surface area (Å²) in [6, 6.07) is 8.25. The number of pyridine rings is 1. The van der Waals surface area contributed by atoms with E-state index in [2.05, 4.69) is 20.6 Å². The molecule has 3 aromatic rings. The Hall–Kier alpha value is -4.16. The molecular formula is C33H38ClN5O6S. The van der Waals surface area contributed by atoms with Crippen molar-refractivity contribution in [2.75, 3.05) is 26.2 Å². The molecule has 2 fully saturated rings. The first-order chi connectivity index (χ1) is 22.0. The van der Waals surface area contributed by atoms with E-state index in [9.17, 15) is 14.4 Å². The molecule has 2 aromatic heterocycles. The third-order valence-corrected chi connectivity index (χ3v) is 8.32. The SMILES string of the molecule is CC(C)(C)OC(=O)N1CCC(NC(=O)c2cc(C(=O)NC/C=C/c3cnc(Oc4ccc(OCC5CC5)cc4Cl)s3)ccn2)CC1. The number of piperidine rings is 1. The second kappa shape index (κ2) is 15.0. The van der Waals surface area contributed by atoms with Gasteiger partial charge in [0.25, 0.3) is 17.0 Å². The molecule has 0 unspecified atom stereocenters. The number of halogens is 1. The molecule has 0 bridgehead atoms. The molecule has 1 aliphatic heterocycles. The third-order valence-electron chi connectivity index (χ3n) is 7.18. The van der Waals surface area contributed by atoms with Gasteiger partial charge in [0.05, 0.1) is 16.5 Å². The molecule has 244 valence electrons. The van der Waals surface area contributed by atoms with Crippen molar-refractivity contribution in [1.29, 1.82) is 0 Å². The first kappa shape index (κ1) is 33.2. The Balaban J connectivity index is 1.05. The number of nitrogens with one attached hydrogen (secondary N) is 2. The smallest absolute Gasteiger partial charge is 0.410 e. The normalized spacial score (nSPS) is 15.4. The maximum absolute atomic E-state index is 12.9. The summed E-state index contributed by atoms with van der Waals surface area (Å²) in [5.41, 5.74) is -0.0882. The first-order valence-electron chi connectivity index (χ1n) is 15.3. The number of rotatable bonds is 11. The Morgan fingerprint density at radius 3 is 2.57 bits per heavy atom. The fraction of sp³-hybridized carbons (Fsp3) is 0.424. The molecule has 11 nitrogen and oxygen atoms in total. The molecule has 13 heteroatoms. The van der Waals surface area contributed by atoms with Crippen LogP contribution >= 0.6 is 22.9 Å². The van der Waals surface area contributed by atoms with E-state index >= 15 is 0 Å². The number of amides is 3. The topological polar surface area (TPSA) is 132 Å². The van der Waals surface area contributed by atoms with Gasteiger partial charge in [0.1, 0.15) is 22.8 Å². The van der Waals surface area contributed by atoms with Crippen molar-refractivity contribution in [3.8, 4) is 16.7 Å². The summed E-state index contributed by atoms with van der Waals surface area (Å²) >= 11 is 7.72. The molecule has 3 amide bonds. The van der Waals surface area contributed by atoms with Gasteiger partial charge in [0, 0.05) is 49.7 Å². The molecule has 0 atom stereocenters. The van der Waals surface area contributed by atoms with Crippen molar-refractivity contribution in [1.82, 2.24) is 25.5 Å². The van der Waals surface area contributed by atoms with Crippen molar-refractivity contribution in [3.05, 3.63) is 70.0 Å². The van der Waals surface area contributed by atoms with E-state index in [1.807, 2.05) is 32.9 Å². The van der Waals surface area contributed by atoms with E-state index in [0.717, 1.165) is 4.88 Å². The van der Waals surface area contributed by atoms with Gasteiger partial charge < -0.3 is 29.7 Å². The molecule has 3 heterocycles. The summed E-state index contributed by atoms with van der Waals surface area (Å²) in [6.45, 7) is 7.43. The van der Waals surface area contributed by atoms with Gasteiger partial charge >= 0.3 is 6.09 Å². The number of ether oxygens (including phenoxy) is 3. The van der Waals surface area contributed by atoms with Crippen LogP contribution in [0.1, 0.15) is 72.2 Å². The fourth-order valence-corrected chi connectivity index (χ4v) is 5.48. The predicted molar refractivity (Wildman–Crippen MR) is 176 cm³/mol. The summed E-state index contributed by atoms with van der Waals surface area (Å²) in [5, 5.41) is 6.66. The van der Waals surface area contributed by atoms with E-state index in [-0.39, 0.29) is 36.2 Å². The standard InChI is InChI=1S/C33H38ClN5O6S/c1-33(2,3)45-32(42)39-15-11-23(12-16-39)38-30(41)27-17-22(10-14-35-27)29(40)36-13-4-5-25-19-37-31(46-25)44-28-9-8-24(18-26(28)34)43-20-21-6-7-21/h4-5,8-10,14,17-19,21,23H,6-7,11-13,15-16,20H2,1-3H3,(H,36,40)(H,38,41)/b5-4+. The maximum Gasteiger partial charge on any atom is 0.410 e. The number of aromatic nitrogens is 2. The van der Waals surface area contributed by atoms with Gasteiger partial charge in [-0.1, -0.05) is 29.0 Å². The average Bonchev–Trinajstić information content (AvgIpc) is 3.75. The van der Waals surface area contributed by atoms with E-state index in [1.165, 1.54) is 36.4 Å². The lowest BCUT2D eigenvalue weighted by Crippen LogP contribution is -2.47. The third kappa shape index (κ3) is 9.92. The number of nitrogens with zero attached hydrogens (tertiary/aromatic N) is 3. The van der Waals surface area contributed by atoms with Crippen molar-refractivity contribution < 1.29 is 28.6 Å². The van der Waals surface area contributed by atoms with Crippen LogP contribution in [0.4, 0.5) is 4.79 Å². The van der Waals surface area contributed by atoms with Gasteiger partial charge in [0.2, 0.25) is 0 Å². The molecule has 5 rings (SSSR count). The van der Waals surface area contributed by atoms with Gasteiger partial charge in [-0.25, -0.2) is 9.78 Å². The number of hydrogen-bond acceptors (Lipinski definition) is 9. The molecule has 2 N–H and O–H groups in total. The number of carbonyl (C=O) groups is 3. The van der Waals surface area contributed by atoms with Gasteiger partial charge in [0.15, 0.2) is 0 Å². The van der Waals surface area contributed by atoms with Crippen LogP contribution in [0.2, 0.25) is 5.02 Å². The summed E-state index contributed by atoms with van der Waals surface area (Å²) < 4.78 is 17.0. The highest BCUT2D eigenvalue weighted by molar-refractivity contribution is 7.14. The maximum atomic E-state index is 12.9. The lowest BCUT2D eigenvalue weighted by atomic mass is 10.0. The highest BCUT2D eigenvalue weighted by atomic mass is 35.5. The van der Waals surface area contributed by atoms with Crippen LogP contribution in [-0.2, 0) is 4.74 Å². The Morgan fingerprint density at radius 2 is 1.85 bits per heavy atom. The molecular weight excluding hydrogens is 630 g/mol. The summed E-state index contributed by atoms with van der Waals surface area (Å²) in [4.78, 5) is 48.8. The van der Waals surface area contributed by atoms with Crippen molar-refractivity contribution in [2.24, 2.45) is 5.92 Å². The lowest BCUT2D eigenvalue weighted by molar-refractivity contribution is 0.0199. The molecule has 2 aliphatic rings. The van der Waals surface area contributed by atoms with Crippen molar-refractivity contribution in [2.45, 2.75) is 58.1 Å². The highest BCUT2D eigenvalue weighted by Crippen LogP contribution is 2.35. The van der Waals surface area contributed by atoms with E-state index in [0.29, 0.717) is 65.7 Å². The van der Waals surface area contributed by atoms with E-state index in [4.69, 9.17) is 25.8 Å². The minimum atomic E-state index is -0.559. The van der Waals surface area contributed by atoms with Crippen LogP contribution < -0.4 is 20.1 Å². The number of hydrogen-bond donors (Lipinski definition) is 2. The second-order valence-corrected chi connectivity index (χ2v) is 13.7. The van der Waals surface area contributed by atoms with Gasteiger partial charge in [-0.3, -0.25) is 14.6 Å². The minimum Gasteiger partial charge on any atom is -0.493 e. The van der Waals surface area contributed by atoms with E-state index in [1.54, 1.807) is 35.4 Å². The Kier molecular flexibility index (Phi) is 10.8.